The molecule has 2 aromatic carbocycles. The molecule has 2 atom stereocenters. The molecule has 216 valence electrons. The maximum Gasteiger partial charge on any atom is 0.274 e. The fourth-order valence-corrected chi connectivity index (χ4v) is 5.03. The molecule has 0 aliphatic carbocycles. The first kappa shape index (κ1) is 27.0. The Morgan fingerprint density at radius 2 is 2.05 bits per heavy atom. The normalized spacial score (nSPS) is 19.1. The fourth-order valence-electron chi connectivity index (χ4n) is 5.03. The molecule has 0 unspecified atom stereocenters. The third-order valence-corrected chi connectivity index (χ3v) is 7.10. The second kappa shape index (κ2) is 11.4. The quantitative estimate of drug-likeness (QED) is 0.371. The molecule has 3 amide bonds. The molecule has 13 heteroatoms. The van der Waals surface area contributed by atoms with Crippen LogP contribution in [-0.2, 0) is 11.3 Å². The fraction of sp³-hybridized carbons (Fsp3) is 0.276. The molecule has 12 nitrogen and oxygen atoms in total. The molecule has 1 saturated heterocycles. The van der Waals surface area contributed by atoms with Crippen LogP contribution in [0.25, 0.3) is 5.65 Å². The summed E-state index contributed by atoms with van der Waals surface area (Å²) in [6, 6.07) is 11.5. The van der Waals surface area contributed by atoms with Gasteiger partial charge in [0.25, 0.3) is 17.7 Å². The number of hydrogen-bond acceptors (Lipinski definition) is 8. The summed E-state index contributed by atoms with van der Waals surface area (Å²) in [5.41, 5.74) is 1.49. The highest BCUT2D eigenvalue weighted by Crippen LogP contribution is 2.29. The molecule has 2 aliphatic heterocycles. The first-order chi connectivity index (χ1) is 20.4. The SMILES string of the molecule is COc1ccc2cc1OCC(=O)NCc1cc(F)cc(c1)O[C@@H]1CCN(C(=O)c3cc4ncccn4n3)C[C@@H]1NC2=O. The van der Waals surface area contributed by atoms with Crippen molar-refractivity contribution in [3.8, 4) is 17.2 Å². The number of halogens is 1. The number of carbonyl (C=O) groups is 3. The number of methoxy groups -OCH3 is 1. The van der Waals surface area contributed by atoms with Crippen molar-refractivity contribution in [1.29, 1.82) is 0 Å². The number of benzene rings is 2. The van der Waals surface area contributed by atoms with Crippen molar-refractivity contribution in [2.45, 2.75) is 25.1 Å². The van der Waals surface area contributed by atoms with E-state index >= 15 is 0 Å². The van der Waals surface area contributed by atoms with Gasteiger partial charge in [-0.25, -0.2) is 13.9 Å². The van der Waals surface area contributed by atoms with Crippen molar-refractivity contribution < 1.29 is 33.0 Å². The summed E-state index contributed by atoms with van der Waals surface area (Å²) >= 11 is 0. The molecule has 2 N–H and O–H groups in total. The van der Waals surface area contributed by atoms with E-state index in [4.69, 9.17) is 14.2 Å². The van der Waals surface area contributed by atoms with Crippen molar-refractivity contribution in [2.24, 2.45) is 0 Å². The molecular weight excluding hydrogens is 547 g/mol. The first-order valence-electron chi connectivity index (χ1n) is 13.3. The van der Waals surface area contributed by atoms with Gasteiger partial charge in [0.2, 0.25) is 0 Å². The summed E-state index contributed by atoms with van der Waals surface area (Å²) in [5.74, 6) is -0.966. The number of ether oxygens (including phenoxy) is 3. The minimum atomic E-state index is -0.656. The zero-order valence-electron chi connectivity index (χ0n) is 22.6. The monoisotopic (exact) mass is 574 g/mol. The highest BCUT2D eigenvalue weighted by atomic mass is 19.1. The topological polar surface area (TPSA) is 136 Å². The molecule has 2 aliphatic rings. The van der Waals surface area contributed by atoms with Gasteiger partial charge in [-0.05, 0) is 42.0 Å². The lowest BCUT2D eigenvalue weighted by atomic mass is 10.0. The van der Waals surface area contributed by atoms with Crippen molar-refractivity contribution in [3.05, 3.63) is 83.6 Å². The van der Waals surface area contributed by atoms with E-state index in [2.05, 4.69) is 20.7 Å². The van der Waals surface area contributed by atoms with Crippen LogP contribution in [0, 0.1) is 5.82 Å². The number of carbonyl (C=O) groups excluding carboxylic acids is 3. The molecule has 0 spiro atoms. The largest absolute Gasteiger partial charge is 0.493 e. The van der Waals surface area contributed by atoms with E-state index in [0.717, 1.165) is 0 Å². The van der Waals surface area contributed by atoms with Crippen LogP contribution in [0.2, 0.25) is 0 Å². The number of nitrogens with one attached hydrogen (secondary N) is 2. The van der Waals surface area contributed by atoms with Crippen LogP contribution in [0.1, 0.15) is 32.8 Å². The van der Waals surface area contributed by atoms with Crippen LogP contribution in [0.15, 0.2) is 60.9 Å². The number of amides is 3. The molecular formula is C29H27FN6O6. The maximum atomic E-state index is 14.5. The lowest BCUT2D eigenvalue weighted by molar-refractivity contribution is -0.123. The van der Waals surface area contributed by atoms with E-state index in [1.165, 1.54) is 29.8 Å². The predicted molar refractivity (Wildman–Crippen MR) is 146 cm³/mol. The average Bonchev–Trinajstić information content (AvgIpc) is 3.43. The number of fused-ring (bicyclic) bond motifs is 6. The molecule has 42 heavy (non-hydrogen) atoms. The standard InChI is InChI=1S/C29H27FN6O6/c1-40-24-4-3-18-11-25(24)41-16-27(37)32-14-17-9-19(30)12-20(10-17)42-23-5-8-35(15-22(23)33-28(18)38)29(39)21-13-26-31-6-2-7-36(26)34-21/h2-4,6-7,9-13,22-23H,5,8,14-16H2,1H3,(H,32,37)(H,33,38)/t22-,23+/m0/s1. The molecule has 2 aromatic heterocycles. The third-order valence-electron chi connectivity index (χ3n) is 7.10. The number of aromatic nitrogens is 3. The van der Waals surface area contributed by atoms with Gasteiger partial charge in [0.1, 0.15) is 17.7 Å². The smallest absolute Gasteiger partial charge is 0.274 e. The van der Waals surface area contributed by atoms with Crippen molar-refractivity contribution in [2.75, 3.05) is 26.8 Å². The Kier molecular flexibility index (Phi) is 7.30. The van der Waals surface area contributed by atoms with E-state index in [9.17, 15) is 18.8 Å². The van der Waals surface area contributed by atoms with E-state index in [1.807, 2.05) is 0 Å². The summed E-state index contributed by atoms with van der Waals surface area (Å²) in [6.45, 7) is 0.138. The van der Waals surface area contributed by atoms with Crippen molar-refractivity contribution in [3.63, 3.8) is 0 Å². The summed E-state index contributed by atoms with van der Waals surface area (Å²) in [4.78, 5) is 45.1. The Balaban J connectivity index is 1.31. The molecule has 0 saturated carbocycles. The molecule has 4 bridgehead atoms. The summed E-state index contributed by atoms with van der Waals surface area (Å²) in [5, 5.41) is 10.0. The van der Waals surface area contributed by atoms with E-state index in [0.29, 0.717) is 29.9 Å². The van der Waals surface area contributed by atoms with Crippen LogP contribution in [0.5, 0.6) is 17.2 Å². The van der Waals surface area contributed by atoms with Gasteiger partial charge in [0.05, 0.1) is 13.2 Å². The van der Waals surface area contributed by atoms with Gasteiger partial charge in [-0.1, -0.05) is 0 Å². The Hall–Kier alpha value is -5.20. The number of rotatable bonds is 2. The van der Waals surface area contributed by atoms with E-state index in [-0.39, 0.29) is 48.4 Å². The van der Waals surface area contributed by atoms with Gasteiger partial charge >= 0.3 is 0 Å². The lowest BCUT2D eigenvalue weighted by Gasteiger charge is -2.38. The van der Waals surface area contributed by atoms with Crippen molar-refractivity contribution in [1.82, 2.24) is 30.1 Å². The summed E-state index contributed by atoms with van der Waals surface area (Å²) in [7, 11) is 1.45. The van der Waals surface area contributed by atoms with Crippen LogP contribution >= 0.6 is 0 Å². The second-order valence-electron chi connectivity index (χ2n) is 9.95. The molecule has 6 rings (SSSR count). The number of likely N-dealkylation sites (tertiary alicyclic amines) is 1. The molecule has 4 aromatic rings. The van der Waals surface area contributed by atoms with Crippen LogP contribution in [-0.4, -0.2) is 76.2 Å². The summed E-state index contributed by atoms with van der Waals surface area (Å²) < 4.78 is 33.2. The first-order valence-corrected chi connectivity index (χ1v) is 13.3. The minimum absolute atomic E-state index is 0.0501. The Morgan fingerprint density at radius 1 is 1.17 bits per heavy atom. The minimum Gasteiger partial charge on any atom is -0.493 e. The summed E-state index contributed by atoms with van der Waals surface area (Å²) in [6.07, 6.45) is 3.07. The van der Waals surface area contributed by atoms with Crippen molar-refractivity contribution >= 4 is 23.4 Å². The van der Waals surface area contributed by atoms with E-state index < -0.39 is 29.8 Å². The predicted octanol–water partition coefficient (Wildman–Crippen LogP) is 1.98. The van der Waals surface area contributed by atoms with E-state index in [1.54, 1.807) is 47.6 Å². The zero-order valence-corrected chi connectivity index (χ0v) is 22.6. The number of hydrogen-bond donors (Lipinski definition) is 2. The Labute approximate surface area is 239 Å². The molecule has 1 fully saturated rings. The van der Waals surface area contributed by atoms with Gasteiger partial charge in [-0.15, -0.1) is 0 Å². The van der Waals surface area contributed by atoms with Crippen LogP contribution < -0.4 is 24.8 Å². The maximum absolute atomic E-state index is 14.5. The zero-order chi connectivity index (χ0) is 29.2. The van der Waals surface area contributed by atoms with Gasteiger partial charge in [-0.3, -0.25) is 14.4 Å². The molecule has 0 radical (unpaired) electrons. The van der Waals surface area contributed by atoms with Gasteiger partial charge in [0, 0.05) is 56.1 Å². The Morgan fingerprint density at radius 3 is 2.88 bits per heavy atom. The van der Waals surface area contributed by atoms with Crippen LogP contribution in [0.3, 0.4) is 0 Å². The van der Waals surface area contributed by atoms with Gasteiger partial charge in [-0.2, -0.15) is 5.10 Å². The lowest BCUT2D eigenvalue weighted by Crippen LogP contribution is -2.58. The third kappa shape index (κ3) is 5.66. The second-order valence-corrected chi connectivity index (χ2v) is 9.95. The van der Waals surface area contributed by atoms with Gasteiger partial charge in [0.15, 0.2) is 29.4 Å². The van der Waals surface area contributed by atoms with Gasteiger partial charge < -0.3 is 29.7 Å². The molecule has 4 heterocycles. The Bertz CT molecular complexity index is 1640. The highest BCUT2D eigenvalue weighted by Gasteiger charge is 2.35. The van der Waals surface area contributed by atoms with Crippen LogP contribution in [0.4, 0.5) is 4.39 Å². The number of piperidine rings is 1. The highest BCUT2D eigenvalue weighted by molar-refractivity contribution is 5.96. The average molecular weight is 575 g/mol. The number of nitrogens with zero attached hydrogens (tertiary/aromatic N) is 4.